The Labute approximate surface area is 167 Å². The molecule has 2 aromatic carbocycles. The molecule has 2 aromatic rings. The van der Waals surface area contributed by atoms with Crippen LogP contribution in [0.2, 0.25) is 0 Å². The van der Waals surface area contributed by atoms with Gasteiger partial charge in [0.15, 0.2) is 6.73 Å². The van der Waals surface area contributed by atoms with Gasteiger partial charge >= 0.3 is 5.97 Å². The van der Waals surface area contributed by atoms with Gasteiger partial charge in [0.2, 0.25) is 0 Å². The first kappa shape index (κ1) is 17.5. The van der Waals surface area contributed by atoms with E-state index in [0.29, 0.717) is 18.2 Å². The summed E-state index contributed by atoms with van der Waals surface area (Å²) >= 11 is 0. The number of ether oxygens (including phenoxy) is 3. The number of hydrogen-bond donors (Lipinski definition) is 3. The fraction of sp³-hybridized carbons (Fsp3) is 0.250. The second kappa shape index (κ2) is 6.49. The zero-order valence-electron chi connectivity index (χ0n) is 16.3. The Morgan fingerprint density at radius 1 is 1.14 bits per heavy atom. The number of nitrogens with zero attached hydrogens (tertiary/aromatic N) is 2. The molecular formula is C20H21N5O4. The summed E-state index contributed by atoms with van der Waals surface area (Å²) in [6.07, 6.45) is 1.78. The molecule has 0 aliphatic carbocycles. The van der Waals surface area contributed by atoms with E-state index in [-0.39, 0.29) is 0 Å². The second-order valence-electron chi connectivity index (χ2n) is 6.81. The Balaban J connectivity index is 1.56. The average molecular weight is 395 g/mol. The lowest BCUT2D eigenvalue weighted by Gasteiger charge is -2.36. The third kappa shape index (κ3) is 2.78. The van der Waals surface area contributed by atoms with Gasteiger partial charge in [-0.1, -0.05) is 0 Å². The van der Waals surface area contributed by atoms with E-state index in [9.17, 15) is 0 Å². The van der Waals surface area contributed by atoms with Crippen molar-refractivity contribution in [3.8, 4) is 17.2 Å². The van der Waals surface area contributed by atoms with Crippen LogP contribution in [-0.4, -0.2) is 33.1 Å². The van der Waals surface area contributed by atoms with Crippen LogP contribution in [0.4, 0.5) is 17.1 Å². The number of benzene rings is 2. The van der Waals surface area contributed by atoms with E-state index in [0.717, 1.165) is 34.2 Å². The zero-order chi connectivity index (χ0) is 20.0. The van der Waals surface area contributed by atoms with Gasteiger partial charge in [-0.25, -0.2) is 15.3 Å². The Morgan fingerprint density at radius 3 is 2.69 bits per heavy atom. The standard InChI is InChI=1S/C20H21N5O4/c1-12-10-22-20(23-13-6-15(26-2)9-16(7-13)27-3)25(19(12)24-29-20)14-4-5-18-17(8-14)21-11-28-18/h4-10,21,23-24H,11H2,1-3H3. The number of methoxy groups -OCH3 is 2. The first-order valence-electron chi connectivity index (χ1n) is 9.14. The summed E-state index contributed by atoms with van der Waals surface area (Å²) < 4.78 is 16.3. The van der Waals surface area contributed by atoms with Gasteiger partial charge in [-0.3, -0.25) is 4.90 Å². The van der Waals surface area contributed by atoms with E-state index >= 15 is 0 Å². The van der Waals surface area contributed by atoms with Gasteiger partial charge in [0.25, 0.3) is 0 Å². The minimum Gasteiger partial charge on any atom is -0.497 e. The van der Waals surface area contributed by atoms with Gasteiger partial charge in [-0.15, -0.1) is 0 Å². The summed E-state index contributed by atoms with van der Waals surface area (Å²) in [4.78, 5) is 12.6. The van der Waals surface area contributed by atoms with Crippen LogP contribution < -0.4 is 35.2 Å². The molecule has 0 radical (unpaired) electrons. The van der Waals surface area contributed by atoms with Gasteiger partial charge in [0.1, 0.15) is 23.1 Å². The zero-order valence-corrected chi connectivity index (χ0v) is 16.3. The normalized spacial score (nSPS) is 21.3. The maximum atomic E-state index is 5.95. The third-order valence-corrected chi connectivity index (χ3v) is 4.99. The number of hydroxylamine groups is 1. The highest BCUT2D eigenvalue weighted by molar-refractivity contribution is 5.85. The van der Waals surface area contributed by atoms with Gasteiger partial charge < -0.3 is 24.8 Å². The highest BCUT2D eigenvalue weighted by Crippen LogP contribution is 2.42. The molecule has 0 saturated carbocycles. The summed E-state index contributed by atoms with van der Waals surface area (Å²) in [7, 11) is 3.22. The molecule has 29 heavy (non-hydrogen) atoms. The van der Waals surface area contributed by atoms with Gasteiger partial charge in [0, 0.05) is 35.7 Å². The quantitative estimate of drug-likeness (QED) is 0.712. The van der Waals surface area contributed by atoms with Crippen molar-refractivity contribution in [2.45, 2.75) is 12.9 Å². The van der Waals surface area contributed by atoms with Crippen molar-refractivity contribution in [2.75, 3.05) is 36.5 Å². The van der Waals surface area contributed by atoms with Crippen molar-refractivity contribution in [2.24, 2.45) is 4.99 Å². The summed E-state index contributed by atoms with van der Waals surface area (Å²) in [5, 5.41) is 6.58. The fourth-order valence-electron chi connectivity index (χ4n) is 3.55. The van der Waals surface area contributed by atoms with E-state index in [4.69, 9.17) is 19.0 Å². The van der Waals surface area contributed by atoms with Crippen LogP contribution in [0.1, 0.15) is 6.92 Å². The van der Waals surface area contributed by atoms with E-state index in [2.05, 4.69) is 21.1 Å². The van der Waals surface area contributed by atoms with Crippen LogP contribution in [0.5, 0.6) is 17.2 Å². The first-order valence-corrected chi connectivity index (χ1v) is 9.14. The molecule has 1 fully saturated rings. The summed E-state index contributed by atoms with van der Waals surface area (Å²) in [5.41, 5.74) is 6.50. The largest absolute Gasteiger partial charge is 0.497 e. The third-order valence-electron chi connectivity index (χ3n) is 4.99. The smallest absolute Gasteiger partial charge is 0.351 e. The molecule has 9 nitrogen and oxygen atoms in total. The predicted octanol–water partition coefficient (Wildman–Crippen LogP) is 2.85. The van der Waals surface area contributed by atoms with Gasteiger partial charge in [-0.05, 0) is 25.1 Å². The van der Waals surface area contributed by atoms with Gasteiger partial charge in [-0.2, -0.15) is 0 Å². The number of fused-ring (bicyclic) bond motifs is 3. The van der Waals surface area contributed by atoms with Crippen LogP contribution in [-0.2, 0) is 4.84 Å². The number of aliphatic imine (C=N–C) groups is 1. The summed E-state index contributed by atoms with van der Waals surface area (Å²) in [6, 6.07) is 11.4. The molecule has 0 spiro atoms. The summed E-state index contributed by atoms with van der Waals surface area (Å²) in [5.74, 6) is 1.74. The fourth-order valence-corrected chi connectivity index (χ4v) is 3.55. The van der Waals surface area contributed by atoms with Crippen molar-refractivity contribution >= 4 is 23.3 Å². The molecule has 3 N–H and O–H groups in total. The highest BCUT2D eigenvalue weighted by atomic mass is 16.7. The van der Waals surface area contributed by atoms with E-state index < -0.39 is 5.97 Å². The lowest BCUT2D eigenvalue weighted by atomic mass is 10.2. The molecule has 9 heteroatoms. The molecule has 3 aliphatic rings. The molecular weight excluding hydrogens is 374 g/mol. The molecule has 1 unspecified atom stereocenters. The molecule has 3 aliphatic heterocycles. The Bertz CT molecular complexity index is 1020. The van der Waals surface area contributed by atoms with Crippen molar-refractivity contribution in [3.63, 3.8) is 0 Å². The molecule has 2 bridgehead atoms. The number of nitrogens with one attached hydrogen (secondary N) is 3. The Morgan fingerprint density at radius 2 is 1.93 bits per heavy atom. The number of allylic oxidation sites excluding steroid dienone is 1. The monoisotopic (exact) mass is 395 g/mol. The molecule has 5 rings (SSSR count). The van der Waals surface area contributed by atoms with Crippen LogP contribution >= 0.6 is 0 Å². The van der Waals surface area contributed by atoms with E-state index in [1.165, 1.54) is 0 Å². The Kier molecular flexibility index (Phi) is 3.92. The SMILES string of the molecule is COc1cc(NC23N=CC(C)=C(NO2)N3c2ccc3c(c2)NCO3)cc(OC)c1. The lowest BCUT2D eigenvalue weighted by molar-refractivity contribution is -0.0214. The average Bonchev–Trinajstić information content (AvgIpc) is 3.32. The van der Waals surface area contributed by atoms with E-state index in [1.54, 1.807) is 26.5 Å². The van der Waals surface area contributed by atoms with Crippen LogP contribution in [0.25, 0.3) is 0 Å². The minimum absolute atomic E-state index is 0.459. The molecule has 1 atom stereocenters. The van der Waals surface area contributed by atoms with Crippen LogP contribution in [0.15, 0.2) is 52.8 Å². The van der Waals surface area contributed by atoms with Crippen LogP contribution in [0.3, 0.4) is 0 Å². The number of anilines is 3. The van der Waals surface area contributed by atoms with Crippen molar-refractivity contribution in [1.82, 2.24) is 5.48 Å². The molecule has 1 saturated heterocycles. The van der Waals surface area contributed by atoms with Crippen molar-refractivity contribution in [3.05, 3.63) is 47.8 Å². The van der Waals surface area contributed by atoms with E-state index in [1.807, 2.05) is 42.2 Å². The number of rotatable bonds is 5. The summed E-state index contributed by atoms with van der Waals surface area (Å²) in [6.45, 7) is 2.43. The maximum absolute atomic E-state index is 5.95. The second-order valence-corrected chi connectivity index (χ2v) is 6.81. The molecule has 3 heterocycles. The van der Waals surface area contributed by atoms with Crippen LogP contribution in [0, 0.1) is 0 Å². The molecule has 150 valence electrons. The number of hydrogen-bond acceptors (Lipinski definition) is 9. The first-order chi connectivity index (χ1) is 14.1. The highest BCUT2D eigenvalue weighted by Gasteiger charge is 2.49. The predicted molar refractivity (Wildman–Crippen MR) is 109 cm³/mol. The maximum Gasteiger partial charge on any atom is 0.351 e. The minimum atomic E-state index is -1.21. The van der Waals surface area contributed by atoms with Crippen molar-refractivity contribution in [1.29, 1.82) is 0 Å². The van der Waals surface area contributed by atoms with Crippen molar-refractivity contribution < 1.29 is 19.0 Å². The lowest BCUT2D eigenvalue weighted by Crippen LogP contribution is -2.51. The Hall–Kier alpha value is -3.59. The van der Waals surface area contributed by atoms with Gasteiger partial charge in [0.05, 0.1) is 25.6 Å². The topological polar surface area (TPSA) is 88.6 Å². The molecule has 0 amide bonds. The molecule has 0 aromatic heterocycles.